The Morgan fingerprint density at radius 2 is 1.79 bits per heavy atom. The van der Waals surface area contributed by atoms with Crippen LogP contribution < -0.4 is 15.0 Å². The molecule has 0 aliphatic carbocycles. The predicted octanol–water partition coefficient (Wildman–Crippen LogP) is 3.65. The van der Waals surface area contributed by atoms with Crippen LogP contribution in [-0.2, 0) is 14.6 Å². The first-order valence-corrected chi connectivity index (χ1v) is 11.0. The summed E-state index contributed by atoms with van der Waals surface area (Å²) in [6.45, 7) is 7.92. The summed E-state index contributed by atoms with van der Waals surface area (Å²) < 4.78 is 30.2. The summed E-state index contributed by atoms with van der Waals surface area (Å²) in [5.41, 5.74) is 2.72. The van der Waals surface area contributed by atoms with E-state index >= 15 is 0 Å². The van der Waals surface area contributed by atoms with E-state index < -0.39 is 9.84 Å². The van der Waals surface area contributed by atoms with Gasteiger partial charge < -0.3 is 15.0 Å². The second kappa shape index (κ2) is 9.59. The third kappa shape index (κ3) is 5.25. The molecule has 0 atom stereocenters. The van der Waals surface area contributed by atoms with Gasteiger partial charge in [-0.25, -0.2) is 8.42 Å². The molecule has 0 unspecified atom stereocenters. The highest BCUT2D eigenvalue weighted by molar-refractivity contribution is 7.91. The molecule has 6 nitrogen and oxygen atoms in total. The minimum atomic E-state index is -3.62. The molecular formula is C21H28N2O4S. The number of carbonyl (C=O) groups excluding carboxylic acids is 1. The summed E-state index contributed by atoms with van der Waals surface area (Å²) in [7, 11) is -2.20. The first-order chi connectivity index (χ1) is 13.3. The molecule has 152 valence electrons. The molecule has 0 bridgehead atoms. The summed E-state index contributed by atoms with van der Waals surface area (Å²) in [5, 5.41) is 2.81. The average Bonchev–Trinajstić information content (AvgIpc) is 2.69. The van der Waals surface area contributed by atoms with Crippen molar-refractivity contribution in [3.05, 3.63) is 48.0 Å². The van der Waals surface area contributed by atoms with Crippen molar-refractivity contribution in [3.63, 3.8) is 0 Å². The number of carbonyl (C=O) groups is 1. The zero-order valence-electron chi connectivity index (χ0n) is 16.9. The summed E-state index contributed by atoms with van der Waals surface area (Å²) >= 11 is 0. The zero-order valence-corrected chi connectivity index (χ0v) is 17.7. The summed E-state index contributed by atoms with van der Waals surface area (Å²) in [5.74, 6) is -0.335. The number of ether oxygens (including phenoxy) is 1. The average molecular weight is 405 g/mol. The Kier molecular flexibility index (Phi) is 7.45. The molecule has 0 radical (unpaired) electrons. The number of hydrogen-bond donors (Lipinski definition) is 1. The number of benzene rings is 2. The van der Waals surface area contributed by atoms with Crippen molar-refractivity contribution < 1.29 is 17.9 Å². The Morgan fingerprint density at radius 1 is 1.11 bits per heavy atom. The summed E-state index contributed by atoms with van der Waals surface area (Å²) in [4.78, 5) is 14.6. The van der Waals surface area contributed by atoms with Gasteiger partial charge in [-0.3, -0.25) is 4.79 Å². The van der Waals surface area contributed by atoms with Crippen molar-refractivity contribution in [3.8, 4) is 5.75 Å². The van der Waals surface area contributed by atoms with E-state index in [0.717, 1.165) is 24.3 Å². The molecule has 0 aliphatic rings. The topological polar surface area (TPSA) is 75.7 Å². The molecule has 2 aromatic carbocycles. The largest absolute Gasteiger partial charge is 0.495 e. The Bertz CT molecular complexity index is 922. The van der Waals surface area contributed by atoms with Crippen LogP contribution in [0.1, 0.15) is 25.8 Å². The van der Waals surface area contributed by atoms with Gasteiger partial charge >= 0.3 is 0 Å². The molecule has 2 rings (SSSR count). The maximum Gasteiger partial charge on any atom is 0.225 e. The van der Waals surface area contributed by atoms with Crippen LogP contribution in [0.5, 0.6) is 5.75 Å². The van der Waals surface area contributed by atoms with Gasteiger partial charge in [0.1, 0.15) is 10.6 Å². The summed E-state index contributed by atoms with van der Waals surface area (Å²) in [6.07, 6.45) is -0.127. The second-order valence-corrected chi connectivity index (χ2v) is 8.52. The van der Waals surface area contributed by atoms with Gasteiger partial charge in [0.05, 0.1) is 12.9 Å². The van der Waals surface area contributed by atoms with E-state index in [0.29, 0.717) is 5.69 Å². The molecule has 0 aromatic heterocycles. The Balaban J connectivity index is 2.04. The number of anilines is 2. The number of sulfone groups is 1. The number of nitrogens with one attached hydrogen (secondary N) is 1. The van der Waals surface area contributed by atoms with Gasteiger partial charge in [0.25, 0.3) is 0 Å². The number of rotatable bonds is 9. The molecule has 1 N–H and O–H groups in total. The minimum Gasteiger partial charge on any atom is -0.495 e. The van der Waals surface area contributed by atoms with Crippen LogP contribution in [0.2, 0.25) is 0 Å². The van der Waals surface area contributed by atoms with Crippen molar-refractivity contribution in [1.82, 2.24) is 0 Å². The van der Waals surface area contributed by atoms with Crippen molar-refractivity contribution >= 4 is 27.1 Å². The van der Waals surface area contributed by atoms with Gasteiger partial charge in [-0.2, -0.15) is 0 Å². The molecule has 0 saturated carbocycles. The van der Waals surface area contributed by atoms with Crippen LogP contribution in [0.15, 0.2) is 47.4 Å². The fourth-order valence-electron chi connectivity index (χ4n) is 3.00. The van der Waals surface area contributed by atoms with Crippen molar-refractivity contribution in [2.45, 2.75) is 32.1 Å². The molecular weight excluding hydrogens is 376 g/mol. The third-order valence-electron chi connectivity index (χ3n) is 4.61. The third-order valence-corrected chi connectivity index (χ3v) is 6.36. The lowest BCUT2D eigenvalue weighted by atomic mass is 10.1. The van der Waals surface area contributed by atoms with Gasteiger partial charge in [-0.15, -0.1) is 0 Å². The lowest BCUT2D eigenvalue weighted by molar-refractivity contribution is -0.115. The van der Waals surface area contributed by atoms with Gasteiger partial charge in [-0.1, -0.05) is 12.1 Å². The van der Waals surface area contributed by atoms with Gasteiger partial charge in [0, 0.05) is 30.9 Å². The van der Waals surface area contributed by atoms with Crippen LogP contribution in [-0.4, -0.2) is 40.3 Å². The number of hydrogen-bond acceptors (Lipinski definition) is 5. The highest BCUT2D eigenvalue weighted by Crippen LogP contribution is 2.25. The fourth-order valence-corrected chi connectivity index (χ4v) is 4.42. The number of nitrogens with zero attached hydrogens (tertiary/aromatic N) is 1. The molecule has 0 fully saturated rings. The van der Waals surface area contributed by atoms with E-state index in [1.54, 1.807) is 18.2 Å². The monoisotopic (exact) mass is 404 g/mol. The molecule has 0 spiro atoms. The highest BCUT2D eigenvalue weighted by Gasteiger charge is 2.20. The molecule has 0 aliphatic heterocycles. The van der Waals surface area contributed by atoms with E-state index in [1.165, 1.54) is 13.2 Å². The maximum atomic E-state index is 12.6. The molecule has 28 heavy (non-hydrogen) atoms. The maximum absolute atomic E-state index is 12.6. The van der Waals surface area contributed by atoms with Gasteiger partial charge in [-0.05, 0) is 56.7 Å². The fraction of sp³-hybridized carbons (Fsp3) is 0.381. The van der Waals surface area contributed by atoms with Crippen molar-refractivity contribution in [1.29, 1.82) is 0 Å². The number of para-hydroxylation sites is 1. The Hall–Kier alpha value is -2.54. The highest BCUT2D eigenvalue weighted by atomic mass is 32.2. The summed E-state index contributed by atoms with van der Waals surface area (Å²) in [6, 6.07) is 12.3. The molecule has 1 amide bonds. The number of aryl methyl sites for hydroxylation is 1. The van der Waals surface area contributed by atoms with Gasteiger partial charge in [0.15, 0.2) is 9.84 Å². The predicted molar refractivity (Wildman–Crippen MR) is 113 cm³/mol. The SMILES string of the molecule is CCN(CC)c1ccc(NC(=O)CCS(=O)(=O)c2ccccc2OC)c(C)c1. The van der Waals surface area contributed by atoms with Crippen LogP contribution in [0, 0.1) is 6.92 Å². The second-order valence-electron chi connectivity index (χ2n) is 6.44. The Morgan fingerprint density at radius 3 is 2.39 bits per heavy atom. The van der Waals surface area contributed by atoms with Crippen molar-refractivity contribution in [2.75, 3.05) is 36.2 Å². The van der Waals surface area contributed by atoms with Crippen LogP contribution >= 0.6 is 0 Å². The van der Waals surface area contributed by atoms with E-state index in [4.69, 9.17) is 4.74 Å². The lowest BCUT2D eigenvalue weighted by Gasteiger charge is -2.22. The molecule has 7 heteroatoms. The smallest absolute Gasteiger partial charge is 0.225 e. The standard InChI is InChI=1S/C21H28N2O4S/c1-5-23(6-2)17-11-12-18(16(3)15-17)22-21(24)13-14-28(25,26)20-10-8-7-9-19(20)27-4/h7-12,15H,5-6,13-14H2,1-4H3,(H,22,24). The Labute approximate surface area is 167 Å². The minimum absolute atomic E-state index is 0.102. The van der Waals surface area contributed by atoms with Crippen molar-refractivity contribution in [2.24, 2.45) is 0 Å². The molecule has 0 heterocycles. The van der Waals surface area contributed by atoms with Gasteiger partial charge in [0.2, 0.25) is 5.91 Å². The number of methoxy groups -OCH3 is 1. The molecule has 2 aromatic rings. The number of amides is 1. The normalized spacial score (nSPS) is 11.1. The van der Waals surface area contributed by atoms with Crippen LogP contribution in [0.25, 0.3) is 0 Å². The first-order valence-electron chi connectivity index (χ1n) is 9.33. The first kappa shape index (κ1) is 21.8. The zero-order chi connectivity index (χ0) is 20.7. The lowest BCUT2D eigenvalue weighted by Crippen LogP contribution is -2.22. The van der Waals surface area contributed by atoms with E-state index in [9.17, 15) is 13.2 Å². The molecule has 0 saturated heterocycles. The quantitative estimate of drug-likeness (QED) is 0.690. The van der Waals surface area contributed by atoms with Crippen LogP contribution in [0.4, 0.5) is 11.4 Å². The van der Waals surface area contributed by atoms with E-state index in [1.807, 2.05) is 25.1 Å². The van der Waals surface area contributed by atoms with E-state index in [2.05, 4.69) is 24.1 Å². The van der Waals surface area contributed by atoms with Crippen LogP contribution in [0.3, 0.4) is 0 Å². The van der Waals surface area contributed by atoms with E-state index in [-0.39, 0.29) is 28.7 Å².